The second-order valence-electron chi connectivity index (χ2n) is 12.7. The molecular weight excluding hydrogens is 552 g/mol. The number of nitrogens with one attached hydrogen (secondary N) is 1. The number of aromatic nitrogens is 2. The molecular formula is C33H43F2N5O3. The SMILES string of the molecule is Cc1nc(F)c2c(-c3ccc(F)cc3C(=O)N3CCOC[C@H]3C)cc(C3CN(C(CC[C@H]4COCCN4)C(C)C)C3)cn12. The van der Waals surface area contributed by atoms with Crippen molar-refractivity contribution in [2.75, 3.05) is 52.6 Å². The van der Waals surface area contributed by atoms with Crippen molar-refractivity contribution in [1.29, 1.82) is 0 Å². The average Bonchev–Trinajstić information content (AvgIpc) is 3.26. The first-order valence-electron chi connectivity index (χ1n) is 15.6. The topological polar surface area (TPSA) is 71.3 Å². The maximum atomic E-state index is 15.4. The van der Waals surface area contributed by atoms with E-state index in [0.29, 0.717) is 60.2 Å². The first-order chi connectivity index (χ1) is 20.7. The second-order valence-corrected chi connectivity index (χ2v) is 12.7. The summed E-state index contributed by atoms with van der Waals surface area (Å²) in [5, 5.41) is 3.57. The molecule has 0 spiro atoms. The van der Waals surface area contributed by atoms with Gasteiger partial charge >= 0.3 is 0 Å². The number of hydrogen-bond donors (Lipinski definition) is 1. The van der Waals surface area contributed by atoms with Crippen LogP contribution in [0.4, 0.5) is 8.78 Å². The third-order valence-electron chi connectivity index (χ3n) is 9.45. The molecule has 1 unspecified atom stereocenters. The zero-order valence-electron chi connectivity index (χ0n) is 25.6. The van der Waals surface area contributed by atoms with Crippen molar-refractivity contribution in [3.8, 4) is 11.1 Å². The summed E-state index contributed by atoms with van der Waals surface area (Å²) in [6.45, 7) is 13.8. The zero-order chi connectivity index (χ0) is 30.2. The van der Waals surface area contributed by atoms with Gasteiger partial charge in [0.2, 0.25) is 5.95 Å². The number of carbonyl (C=O) groups excluding carboxylic acids is 1. The Bertz CT molecular complexity index is 1460. The largest absolute Gasteiger partial charge is 0.379 e. The molecule has 232 valence electrons. The number of morpholine rings is 2. The van der Waals surface area contributed by atoms with Crippen LogP contribution in [0.1, 0.15) is 61.3 Å². The Hall–Kier alpha value is -2.92. The number of fused-ring (bicyclic) bond motifs is 1. The molecule has 3 fully saturated rings. The molecule has 0 aliphatic carbocycles. The Morgan fingerprint density at radius 1 is 1.12 bits per heavy atom. The highest BCUT2D eigenvalue weighted by molar-refractivity contribution is 6.03. The van der Waals surface area contributed by atoms with E-state index in [2.05, 4.69) is 29.0 Å². The van der Waals surface area contributed by atoms with E-state index < -0.39 is 11.8 Å². The number of ether oxygens (including phenoxy) is 2. The molecule has 5 heterocycles. The van der Waals surface area contributed by atoms with Gasteiger partial charge in [-0.1, -0.05) is 19.9 Å². The lowest BCUT2D eigenvalue weighted by atomic mass is 9.85. The van der Waals surface area contributed by atoms with Crippen LogP contribution in [0.25, 0.3) is 16.6 Å². The molecule has 1 amide bonds. The molecule has 10 heteroatoms. The molecule has 0 radical (unpaired) electrons. The van der Waals surface area contributed by atoms with Gasteiger partial charge in [-0.3, -0.25) is 9.69 Å². The van der Waals surface area contributed by atoms with Gasteiger partial charge in [-0.15, -0.1) is 0 Å². The lowest BCUT2D eigenvalue weighted by molar-refractivity contribution is 0.00361. The zero-order valence-corrected chi connectivity index (χ0v) is 25.6. The molecule has 1 aromatic carbocycles. The van der Waals surface area contributed by atoms with E-state index >= 15 is 4.39 Å². The Labute approximate surface area is 252 Å². The third-order valence-corrected chi connectivity index (χ3v) is 9.45. The average molecular weight is 596 g/mol. The van der Waals surface area contributed by atoms with Gasteiger partial charge in [0.05, 0.1) is 38.0 Å². The molecule has 3 aromatic rings. The summed E-state index contributed by atoms with van der Waals surface area (Å²) in [6.07, 6.45) is 4.16. The fraction of sp³-hybridized carbons (Fsp3) is 0.576. The van der Waals surface area contributed by atoms with Crippen molar-refractivity contribution in [3.63, 3.8) is 0 Å². The highest BCUT2D eigenvalue weighted by atomic mass is 19.1. The lowest BCUT2D eigenvalue weighted by Crippen LogP contribution is -2.53. The summed E-state index contributed by atoms with van der Waals surface area (Å²) >= 11 is 0. The van der Waals surface area contributed by atoms with Gasteiger partial charge < -0.3 is 24.1 Å². The van der Waals surface area contributed by atoms with Crippen molar-refractivity contribution in [2.45, 2.75) is 64.6 Å². The molecule has 2 aromatic heterocycles. The van der Waals surface area contributed by atoms with Crippen molar-refractivity contribution in [3.05, 3.63) is 59.2 Å². The number of pyridine rings is 1. The fourth-order valence-electron chi connectivity index (χ4n) is 6.98. The minimum atomic E-state index is -0.600. The monoisotopic (exact) mass is 595 g/mol. The molecule has 43 heavy (non-hydrogen) atoms. The minimum Gasteiger partial charge on any atom is -0.379 e. The van der Waals surface area contributed by atoms with Crippen molar-refractivity contribution in [2.24, 2.45) is 5.92 Å². The molecule has 0 bridgehead atoms. The molecule has 3 saturated heterocycles. The maximum Gasteiger partial charge on any atom is 0.254 e. The predicted octanol–water partition coefficient (Wildman–Crippen LogP) is 4.64. The van der Waals surface area contributed by atoms with E-state index in [0.717, 1.165) is 51.3 Å². The van der Waals surface area contributed by atoms with E-state index in [9.17, 15) is 9.18 Å². The van der Waals surface area contributed by atoms with Crippen molar-refractivity contribution in [1.82, 2.24) is 24.5 Å². The molecule has 8 nitrogen and oxygen atoms in total. The number of amides is 1. The first-order valence-corrected chi connectivity index (χ1v) is 15.6. The predicted molar refractivity (Wildman–Crippen MR) is 161 cm³/mol. The van der Waals surface area contributed by atoms with Crippen LogP contribution >= 0.6 is 0 Å². The van der Waals surface area contributed by atoms with Crippen LogP contribution in [0.2, 0.25) is 0 Å². The quantitative estimate of drug-likeness (QED) is 0.409. The van der Waals surface area contributed by atoms with E-state index in [1.165, 1.54) is 12.1 Å². The van der Waals surface area contributed by atoms with Crippen LogP contribution in [0.15, 0.2) is 30.5 Å². The van der Waals surface area contributed by atoms with Crippen LogP contribution in [0.3, 0.4) is 0 Å². The first kappa shape index (κ1) is 30.1. The van der Waals surface area contributed by atoms with Crippen LogP contribution in [0.5, 0.6) is 0 Å². The highest BCUT2D eigenvalue weighted by Gasteiger charge is 2.36. The Balaban J connectivity index is 1.30. The van der Waals surface area contributed by atoms with Crippen LogP contribution in [-0.4, -0.2) is 95.8 Å². The third kappa shape index (κ3) is 6.07. The summed E-state index contributed by atoms with van der Waals surface area (Å²) in [5.41, 5.74) is 2.65. The van der Waals surface area contributed by atoms with Crippen LogP contribution < -0.4 is 5.32 Å². The number of rotatable bonds is 8. The van der Waals surface area contributed by atoms with Crippen LogP contribution in [0, 0.1) is 24.6 Å². The summed E-state index contributed by atoms with van der Waals surface area (Å²) in [6, 6.07) is 6.92. The summed E-state index contributed by atoms with van der Waals surface area (Å²) < 4.78 is 42.9. The minimum absolute atomic E-state index is 0.144. The van der Waals surface area contributed by atoms with E-state index in [1.54, 1.807) is 22.3 Å². The number of imidazole rings is 1. The molecule has 6 rings (SSSR count). The molecule has 3 atom stereocenters. The van der Waals surface area contributed by atoms with Gasteiger partial charge in [0, 0.05) is 55.9 Å². The lowest BCUT2D eigenvalue weighted by Gasteiger charge is -2.47. The van der Waals surface area contributed by atoms with E-state index in [1.807, 2.05) is 19.2 Å². The van der Waals surface area contributed by atoms with Crippen molar-refractivity contribution >= 4 is 11.4 Å². The molecule has 0 saturated carbocycles. The Morgan fingerprint density at radius 3 is 2.63 bits per heavy atom. The maximum absolute atomic E-state index is 15.4. The number of hydrogen-bond acceptors (Lipinski definition) is 6. The van der Waals surface area contributed by atoms with Gasteiger partial charge in [0.15, 0.2) is 0 Å². The smallest absolute Gasteiger partial charge is 0.254 e. The Kier molecular flexibility index (Phi) is 8.82. The number of halogens is 2. The van der Waals surface area contributed by atoms with Gasteiger partial charge in [0.25, 0.3) is 5.91 Å². The number of carbonyl (C=O) groups is 1. The number of likely N-dealkylation sites (tertiary alicyclic amines) is 1. The fourth-order valence-corrected chi connectivity index (χ4v) is 6.98. The normalized spacial score (nSPS) is 22.7. The van der Waals surface area contributed by atoms with Gasteiger partial charge in [-0.25, -0.2) is 9.37 Å². The molecule has 3 aliphatic heterocycles. The standard InChI is InChI=1S/C33H43F2N5O3/c1-20(2)30(8-6-26-19-42-11-9-36-26)38-15-24(16-38)23-13-28(31-32(35)37-22(4)40(31)17-23)27-7-5-25(34)14-29(27)33(41)39-10-12-43-18-21(39)3/h5,7,13-14,17,20-21,24,26,30,36H,6,8-12,15-16,18-19H2,1-4H3/t21-,26+,30?/m1/s1. The summed E-state index contributed by atoms with van der Waals surface area (Å²) in [5.74, 6) is -0.0801. The van der Waals surface area contributed by atoms with Gasteiger partial charge in [0.1, 0.15) is 17.2 Å². The van der Waals surface area contributed by atoms with Crippen LogP contribution in [-0.2, 0) is 9.47 Å². The molecule has 1 N–H and O–H groups in total. The van der Waals surface area contributed by atoms with E-state index in [4.69, 9.17) is 9.47 Å². The summed E-state index contributed by atoms with van der Waals surface area (Å²) in [7, 11) is 0. The van der Waals surface area contributed by atoms with Crippen molar-refractivity contribution < 1.29 is 23.0 Å². The van der Waals surface area contributed by atoms with Gasteiger partial charge in [-0.05, 0) is 61.9 Å². The van der Waals surface area contributed by atoms with E-state index in [-0.39, 0.29) is 23.4 Å². The number of aryl methyl sites for hydroxylation is 1. The molecule has 3 aliphatic rings. The Morgan fingerprint density at radius 2 is 1.91 bits per heavy atom. The van der Waals surface area contributed by atoms with Gasteiger partial charge in [-0.2, -0.15) is 4.39 Å². The second kappa shape index (κ2) is 12.6. The highest BCUT2D eigenvalue weighted by Crippen LogP contribution is 2.38. The number of benzene rings is 1. The summed E-state index contributed by atoms with van der Waals surface area (Å²) in [4.78, 5) is 22.2. The number of nitrogens with zero attached hydrogens (tertiary/aromatic N) is 4.